The molecule has 0 aliphatic heterocycles. The van der Waals surface area contributed by atoms with Crippen LogP contribution in [0.3, 0.4) is 0 Å². The molecule has 0 bridgehead atoms. The van der Waals surface area contributed by atoms with Gasteiger partial charge in [-0.15, -0.1) is 0 Å². The zero-order valence-corrected chi connectivity index (χ0v) is 41.8. The Morgan fingerprint density at radius 3 is 0.984 bits per heavy atom. The quantitative estimate of drug-likeness (QED) is 0.0262. The third-order valence-electron chi connectivity index (χ3n) is 11.8. The van der Waals surface area contributed by atoms with Crippen LogP contribution in [0.1, 0.15) is 278 Å². The number of allylic oxidation sites excluding steroid dienone is 8. The second kappa shape index (κ2) is 52.0. The Kier molecular flexibility index (Phi) is 49.8. The molecule has 0 heterocycles. The summed E-state index contributed by atoms with van der Waals surface area (Å²) in [6.07, 6.45) is 62.5. The van der Waals surface area contributed by atoms with E-state index < -0.39 is 6.10 Å². The summed E-state index contributed by atoms with van der Waals surface area (Å²) in [5.74, 6) is -0.895. The monoisotopic (exact) mass is 883 g/mol. The van der Waals surface area contributed by atoms with Crippen molar-refractivity contribution in [3.05, 3.63) is 48.6 Å². The molecule has 0 aliphatic rings. The van der Waals surface area contributed by atoms with Gasteiger partial charge in [-0.1, -0.05) is 211 Å². The van der Waals surface area contributed by atoms with Crippen molar-refractivity contribution in [1.82, 2.24) is 0 Å². The van der Waals surface area contributed by atoms with Gasteiger partial charge >= 0.3 is 17.9 Å². The van der Waals surface area contributed by atoms with Gasteiger partial charge in [0, 0.05) is 19.3 Å². The molecular weight excluding hydrogens is 781 g/mol. The van der Waals surface area contributed by atoms with E-state index in [1.807, 2.05) is 0 Å². The van der Waals surface area contributed by atoms with E-state index in [4.69, 9.17) is 14.2 Å². The maximum absolute atomic E-state index is 12.8. The normalized spacial score (nSPS) is 12.4. The van der Waals surface area contributed by atoms with Crippen LogP contribution >= 0.6 is 0 Å². The molecule has 0 rings (SSSR count). The second-order valence-electron chi connectivity index (χ2n) is 18.1. The smallest absolute Gasteiger partial charge is 0.306 e. The molecule has 63 heavy (non-hydrogen) atoms. The third-order valence-corrected chi connectivity index (χ3v) is 11.8. The molecule has 0 saturated heterocycles. The number of carbonyl (C=O) groups is 3. The Labute approximate surface area is 390 Å². The van der Waals surface area contributed by atoms with Crippen molar-refractivity contribution in [3.63, 3.8) is 0 Å². The lowest BCUT2D eigenvalue weighted by Gasteiger charge is -2.18. The Morgan fingerprint density at radius 2 is 0.603 bits per heavy atom. The summed E-state index contributed by atoms with van der Waals surface area (Å²) in [5.41, 5.74) is 0. The summed E-state index contributed by atoms with van der Waals surface area (Å²) >= 11 is 0. The Hall–Kier alpha value is -2.63. The predicted octanol–water partition coefficient (Wildman–Crippen LogP) is 17.9. The number of ether oxygens (including phenoxy) is 3. The van der Waals surface area contributed by atoms with E-state index >= 15 is 0 Å². The molecule has 0 fully saturated rings. The van der Waals surface area contributed by atoms with Gasteiger partial charge in [-0.25, -0.2) is 0 Å². The molecule has 0 aromatic heterocycles. The first-order valence-corrected chi connectivity index (χ1v) is 27.1. The molecule has 366 valence electrons. The van der Waals surface area contributed by atoms with Gasteiger partial charge in [-0.2, -0.15) is 0 Å². The molecule has 1 unspecified atom stereocenters. The fourth-order valence-electron chi connectivity index (χ4n) is 7.65. The second-order valence-corrected chi connectivity index (χ2v) is 18.1. The number of hydrogen-bond acceptors (Lipinski definition) is 6. The molecule has 0 radical (unpaired) electrons. The Bertz CT molecular complexity index is 1110. The highest BCUT2D eigenvalue weighted by Crippen LogP contribution is 2.15. The zero-order valence-electron chi connectivity index (χ0n) is 41.8. The minimum absolute atomic E-state index is 0.0792. The van der Waals surface area contributed by atoms with E-state index in [0.29, 0.717) is 19.3 Å². The SMILES string of the molecule is CCC/C=C\CCCCCCCC(=O)OCC(COC(=O)CCCCCCCCCCCCC/C=C\C/C=C\CCCCCCC)OC(=O)CCCCCCC/C=C\CCCCC. The van der Waals surface area contributed by atoms with Crippen LogP contribution in [-0.4, -0.2) is 37.2 Å². The van der Waals surface area contributed by atoms with Crippen molar-refractivity contribution < 1.29 is 28.6 Å². The van der Waals surface area contributed by atoms with Gasteiger partial charge < -0.3 is 14.2 Å². The van der Waals surface area contributed by atoms with Crippen molar-refractivity contribution >= 4 is 17.9 Å². The van der Waals surface area contributed by atoms with Crippen LogP contribution in [0.4, 0.5) is 0 Å². The minimum atomic E-state index is -0.779. The van der Waals surface area contributed by atoms with Crippen molar-refractivity contribution in [2.24, 2.45) is 0 Å². The summed E-state index contributed by atoms with van der Waals surface area (Å²) < 4.78 is 16.8. The molecule has 0 amide bonds. The first kappa shape index (κ1) is 60.4. The van der Waals surface area contributed by atoms with Crippen molar-refractivity contribution in [3.8, 4) is 0 Å². The van der Waals surface area contributed by atoms with Crippen LogP contribution in [-0.2, 0) is 28.6 Å². The van der Waals surface area contributed by atoms with Gasteiger partial charge in [0.1, 0.15) is 13.2 Å². The fourth-order valence-corrected chi connectivity index (χ4v) is 7.65. The summed E-state index contributed by atoms with van der Waals surface area (Å²) in [7, 11) is 0. The standard InChI is InChI=1S/C57H102O6/c1-4-7-10-13-16-19-22-24-25-26-27-28-29-30-31-32-33-34-36-38-41-44-47-50-56(59)62-53-54(52-61-55(58)49-46-43-40-37-21-18-15-12-9-6-3)63-57(60)51-48-45-42-39-35-23-20-17-14-11-8-5-2/h12,15,17,20,22,24,26-27,54H,4-11,13-14,16,18-19,21,23,25,28-53H2,1-3H3/b15-12-,20-17-,24-22-,27-26-. The molecule has 0 spiro atoms. The number of esters is 3. The highest BCUT2D eigenvalue weighted by Gasteiger charge is 2.19. The summed E-state index contributed by atoms with van der Waals surface area (Å²) in [5, 5.41) is 0. The number of unbranched alkanes of at least 4 members (excludes halogenated alkanes) is 30. The lowest BCUT2D eigenvalue weighted by atomic mass is 10.0. The molecule has 0 saturated carbocycles. The first-order valence-electron chi connectivity index (χ1n) is 27.1. The van der Waals surface area contributed by atoms with Gasteiger partial charge in [0.05, 0.1) is 0 Å². The van der Waals surface area contributed by atoms with E-state index in [2.05, 4.69) is 69.4 Å². The molecule has 1 atom stereocenters. The molecule has 0 aromatic carbocycles. The zero-order chi connectivity index (χ0) is 45.8. The third kappa shape index (κ3) is 50.2. The van der Waals surface area contributed by atoms with Crippen LogP contribution in [0.15, 0.2) is 48.6 Å². The molecule has 6 heteroatoms. The number of rotatable bonds is 49. The van der Waals surface area contributed by atoms with Gasteiger partial charge in [0.15, 0.2) is 6.10 Å². The van der Waals surface area contributed by atoms with Crippen molar-refractivity contribution in [1.29, 1.82) is 0 Å². The topological polar surface area (TPSA) is 78.9 Å². The van der Waals surface area contributed by atoms with Crippen LogP contribution < -0.4 is 0 Å². The molecule has 0 N–H and O–H groups in total. The lowest BCUT2D eigenvalue weighted by molar-refractivity contribution is -0.167. The van der Waals surface area contributed by atoms with Gasteiger partial charge in [0.25, 0.3) is 0 Å². The van der Waals surface area contributed by atoms with E-state index in [1.165, 1.54) is 148 Å². The summed E-state index contributed by atoms with van der Waals surface area (Å²) in [4.78, 5) is 37.9. The number of hydrogen-bond donors (Lipinski definition) is 0. The Morgan fingerprint density at radius 1 is 0.317 bits per heavy atom. The Balaban J connectivity index is 4.22. The van der Waals surface area contributed by atoms with Gasteiger partial charge in [0.2, 0.25) is 0 Å². The van der Waals surface area contributed by atoms with E-state index in [-0.39, 0.29) is 31.1 Å². The largest absolute Gasteiger partial charge is 0.462 e. The van der Waals surface area contributed by atoms with Crippen LogP contribution in [0, 0.1) is 0 Å². The van der Waals surface area contributed by atoms with Gasteiger partial charge in [-0.05, 0) is 96.3 Å². The molecule has 6 nitrogen and oxygen atoms in total. The predicted molar refractivity (Wildman–Crippen MR) is 270 cm³/mol. The van der Waals surface area contributed by atoms with Crippen LogP contribution in [0.25, 0.3) is 0 Å². The van der Waals surface area contributed by atoms with Crippen molar-refractivity contribution in [2.75, 3.05) is 13.2 Å². The minimum Gasteiger partial charge on any atom is -0.462 e. The summed E-state index contributed by atoms with van der Waals surface area (Å²) in [6, 6.07) is 0. The molecular formula is C57H102O6. The van der Waals surface area contributed by atoms with Crippen LogP contribution in [0.2, 0.25) is 0 Å². The average Bonchev–Trinajstić information content (AvgIpc) is 3.28. The number of carbonyl (C=O) groups excluding carboxylic acids is 3. The lowest BCUT2D eigenvalue weighted by Crippen LogP contribution is -2.30. The van der Waals surface area contributed by atoms with Crippen molar-refractivity contribution in [2.45, 2.75) is 284 Å². The highest BCUT2D eigenvalue weighted by atomic mass is 16.6. The maximum Gasteiger partial charge on any atom is 0.306 e. The van der Waals surface area contributed by atoms with E-state index in [9.17, 15) is 14.4 Å². The van der Waals surface area contributed by atoms with Crippen LogP contribution in [0.5, 0.6) is 0 Å². The molecule has 0 aromatic rings. The van der Waals surface area contributed by atoms with Gasteiger partial charge in [-0.3, -0.25) is 14.4 Å². The van der Waals surface area contributed by atoms with E-state index in [1.54, 1.807) is 0 Å². The first-order chi connectivity index (χ1) is 31.0. The average molecular weight is 883 g/mol. The fraction of sp³-hybridized carbons (Fsp3) is 0.807. The molecule has 0 aliphatic carbocycles. The van der Waals surface area contributed by atoms with E-state index in [0.717, 1.165) is 89.9 Å². The maximum atomic E-state index is 12.8. The highest BCUT2D eigenvalue weighted by molar-refractivity contribution is 5.71. The summed E-state index contributed by atoms with van der Waals surface area (Å²) in [6.45, 7) is 6.54.